The Balaban J connectivity index is 0.000000455. The van der Waals surface area contributed by atoms with E-state index in [1.165, 1.54) is 4.90 Å². The van der Waals surface area contributed by atoms with E-state index in [4.69, 9.17) is 0 Å². The number of rotatable bonds is 5. The maximum Gasteiger partial charge on any atom is 0.401 e. The highest BCUT2D eigenvalue weighted by atomic mass is 19.4. The predicted molar refractivity (Wildman–Crippen MR) is 132 cm³/mol. The normalized spacial score (nSPS) is 18.0. The van der Waals surface area contributed by atoms with Crippen molar-refractivity contribution < 1.29 is 18.0 Å². The minimum Gasteiger partial charge on any atom is -0.316 e. The number of allylic oxidation sites excluding steroid dienone is 4. The monoisotopic (exact) mass is 497 g/mol. The Hall–Kier alpha value is -3.99. The topological polar surface area (TPSA) is 90.0 Å². The van der Waals surface area contributed by atoms with Gasteiger partial charge in [0.2, 0.25) is 0 Å². The number of likely N-dealkylation sites (tertiary alicyclic amines) is 1. The summed E-state index contributed by atoms with van der Waals surface area (Å²) in [6.45, 7) is 6.84. The second-order valence-corrected chi connectivity index (χ2v) is 8.47. The van der Waals surface area contributed by atoms with Crippen molar-refractivity contribution in [2.45, 2.75) is 25.2 Å². The van der Waals surface area contributed by atoms with Gasteiger partial charge in [-0.25, -0.2) is 4.79 Å². The average Bonchev–Trinajstić information content (AvgIpc) is 3.47. The second kappa shape index (κ2) is 10.7. The first-order valence-corrected chi connectivity index (χ1v) is 11.3. The highest BCUT2D eigenvalue weighted by molar-refractivity contribution is 6.00. The summed E-state index contributed by atoms with van der Waals surface area (Å²) in [6, 6.07) is 5.04. The quantitative estimate of drug-likeness (QED) is 0.489. The molecule has 1 aromatic carbocycles. The fraction of sp³-hybridized carbons (Fsp3) is 0.280. The lowest BCUT2D eigenvalue weighted by atomic mass is 10.0. The number of amides is 2. The van der Waals surface area contributed by atoms with Gasteiger partial charge < -0.3 is 10.2 Å². The third-order valence-corrected chi connectivity index (χ3v) is 5.96. The van der Waals surface area contributed by atoms with Crippen LogP contribution in [0.4, 0.5) is 23.7 Å². The van der Waals surface area contributed by atoms with Crippen LogP contribution in [0.2, 0.25) is 0 Å². The number of carbonyl (C=O) groups is 1. The van der Waals surface area contributed by atoms with Crippen molar-refractivity contribution in [2.24, 2.45) is 0 Å². The highest BCUT2D eigenvalue weighted by Gasteiger charge is 2.38. The van der Waals surface area contributed by atoms with Crippen LogP contribution in [0.5, 0.6) is 0 Å². The zero-order valence-corrected chi connectivity index (χ0v) is 19.5. The molecule has 2 N–H and O–H groups in total. The van der Waals surface area contributed by atoms with Gasteiger partial charge in [-0.3, -0.25) is 10.00 Å². The van der Waals surface area contributed by atoms with Gasteiger partial charge in [-0.05, 0) is 30.2 Å². The summed E-state index contributed by atoms with van der Waals surface area (Å²) >= 11 is 0. The Kier molecular flexibility index (Phi) is 7.49. The van der Waals surface area contributed by atoms with Crippen molar-refractivity contribution in [3.05, 3.63) is 73.6 Å². The summed E-state index contributed by atoms with van der Waals surface area (Å²) in [7, 11) is 0. The number of alkyl halides is 3. The van der Waals surface area contributed by atoms with Gasteiger partial charge >= 0.3 is 12.2 Å². The molecule has 36 heavy (non-hydrogen) atoms. The Labute approximate surface area is 206 Å². The molecule has 0 saturated carbocycles. The number of anilines is 1. The molecule has 1 saturated heterocycles. The number of urea groups is 1. The first-order valence-electron chi connectivity index (χ1n) is 11.3. The van der Waals surface area contributed by atoms with E-state index in [1.54, 1.807) is 29.4 Å². The number of benzene rings is 1. The van der Waals surface area contributed by atoms with Crippen molar-refractivity contribution in [2.75, 3.05) is 25.0 Å². The molecular formula is C25H26F3N7O. The second-order valence-electron chi connectivity index (χ2n) is 8.47. The molecule has 0 aliphatic carbocycles. The number of nitrogens with zero attached hydrogens (tertiary/aromatic N) is 5. The van der Waals surface area contributed by atoms with Gasteiger partial charge in [-0.1, -0.05) is 37.5 Å². The van der Waals surface area contributed by atoms with Crippen LogP contribution < -0.4 is 5.32 Å². The van der Waals surface area contributed by atoms with E-state index in [-0.39, 0.29) is 18.6 Å². The lowest BCUT2D eigenvalue weighted by Crippen LogP contribution is -2.46. The molecule has 1 fully saturated rings. The molecule has 0 spiro atoms. The van der Waals surface area contributed by atoms with Gasteiger partial charge in [0, 0.05) is 42.3 Å². The molecule has 4 heterocycles. The number of nitrogens with one attached hydrogen (secondary N) is 2. The summed E-state index contributed by atoms with van der Waals surface area (Å²) in [5.41, 5.74) is 3.87. The summed E-state index contributed by atoms with van der Waals surface area (Å²) in [5.74, 6) is 0. The summed E-state index contributed by atoms with van der Waals surface area (Å²) in [6.07, 6.45) is 6.56. The molecule has 188 valence electrons. The van der Waals surface area contributed by atoms with Crippen molar-refractivity contribution >= 4 is 22.6 Å². The van der Waals surface area contributed by atoms with Crippen molar-refractivity contribution in [3.8, 4) is 11.3 Å². The van der Waals surface area contributed by atoms with Crippen LogP contribution in [-0.2, 0) is 6.54 Å². The van der Waals surface area contributed by atoms with Crippen LogP contribution in [0.15, 0.2) is 68.1 Å². The van der Waals surface area contributed by atoms with Gasteiger partial charge in [0.1, 0.15) is 5.69 Å². The zero-order chi connectivity index (χ0) is 25.7. The Morgan fingerprint density at radius 3 is 2.61 bits per heavy atom. The largest absolute Gasteiger partial charge is 0.401 e. The average molecular weight is 498 g/mol. The molecule has 11 heteroatoms. The van der Waals surface area contributed by atoms with Crippen LogP contribution >= 0.6 is 0 Å². The molecule has 5 rings (SSSR count). The summed E-state index contributed by atoms with van der Waals surface area (Å²) < 4.78 is 38.1. The SMILES string of the molecule is C=C/C=C\C=C.O=C1Nc2cc3[nH]nc(-c4ccnnc4)c3cc2CN1C1CCN(CC(F)(F)F)C1. The lowest BCUT2D eigenvalue weighted by molar-refractivity contribution is -0.143. The summed E-state index contributed by atoms with van der Waals surface area (Å²) in [4.78, 5) is 15.6. The van der Waals surface area contributed by atoms with E-state index in [9.17, 15) is 18.0 Å². The van der Waals surface area contributed by atoms with Crippen molar-refractivity contribution in [1.82, 2.24) is 30.2 Å². The van der Waals surface area contributed by atoms with Gasteiger partial charge in [0.05, 0.1) is 24.5 Å². The van der Waals surface area contributed by atoms with Crippen LogP contribution in [-0.4, -0.2) is 68.1 Å². The van der Waals surface area contributed by atoms with E-state index in [0.717, 1.165) is 27.7 Å². The molecule has 0 bridgehead atoms. The number of hydrogen-bond donors (Lipinski definition) is 2. The van der Waals surface area contributed by atoms with E-state index < -0.39 is 12.7 Å². The molecule has 8 nitrogen and oxygen atoms in total. The molecule has 3 aromatic rings. The highest BCUT2D eigenvalue weighted by Crippen LogP contribution is 2.34. The lowest BCUT2D eigenvalue weighted by Gasteiger charge is -2.34. The maximum absolute atomic E-state index is 12.7. The first kappa shape index (κ1) is 25.1. The zero-order valence-electron chi connectivity index (χ0n) is 19.5. The number of fused-ring (bicyclic) bond motifs is 2. The van der Waals surface area contributed by atoms with Gasteiger partial charge in [0.25, 0.3) is 0 Å². The number of halogens is 3. The predicted octanol–water partition coefficient (Wildman–Crippen LogP) is 4.92. The minimum atomic E-state index is -4.24. The van der Waals surface area contributed by atoms with Gasteiger partial charge in [-0.2, -0.15) is 28.5 Å². The maximum atomic E-state index is 12.7. The van der Waals surface area contributed by atoms with Crippen LogP contribution in [0.1, 0.15) is 12.0 Å². The van der Waals surface area contributed by atoms with Crippen molar-refractivity contribution in [3.63, 3.8) is 0 Å². The molecule has 1 atom stereocenters. The Bertz CT molecular complexity index is 1260. The molecule has 1 unspecified atom stereocenters. The molecule has 0 radical (unpaired) electrons. The van der Waals surface area contributed by atoms with Crippen LogP contribution in [0.3, 0.4) is 0 Å². The van der Waals surface area contributed by atoms with E-state index >= 15 is 0 Å². The number of carbonyl (C=O) groups excluding carboxylic acids is 1. The van der Waals surface area contributed by atoms with Crippen molar-refractivity contribution in [1.29, 1.82) is 0 Å². The molecule has 2 amide bonds. The third kappa shape index (κ3) is 5.80. The molecule has 2 aliphatic heterocycles. The first-order chi connectivity index (χ1) is 17.3. The van der Waals surface area contributed by atoms with Crippen LogP contribution in [0, 0.1) is 0 Å². The number of hydrogen-bond acceptors (Lipinski definition) is 5. The number of aromatic nitrogens is 4. The van der Waals surface area contributed by atoms with E-state index in [1.807, 2.05) is 30.4 Å². The smallest absolute Gasteiger partial charge is 0.316 e. The third-order valence-electron chi connectivity index (χ3n) is 5.96. The summed E-state index contributed by atoms with van der Waals surface area (Å²) in [5, 5.41) is 18.7. The molecule has 2 aliphatic rings. The Morgan fingerprint density at radius 2 is 1.94 bits per heavy atom. The van der Waals surface area contributed by atoms with Gasteiger partial charge in [-0.15, -0.1) is 0 Å². The molecule has 2 aromatic heterocycles. The van der Waals surface area contributed by atoms with Gasteiger partial charge in [0.15, 0.2) is 0 Å². The standard InChI is InChI=1S/C19H18F3N7O.C6H8/c20-19(21,22)10-28-4-2-13(9-28)29-8-12-5-14-16(6-15(12)25-18(29)30)26-27-17(14)11-1-3-23-24-7-11;1-3-5-6-4-2/h1,3,5-7,13H,2,4,8-10H2,(H,25,30)(H,26,27);3-6H,1-2H2/b;6-5-. The Morgan fingerprint density at radius 1 is 1.17 bits per heavy atom. The van der Waals surface area contributed by atoms with E-state index in [0.29, 0.717) is 25.2 Å². The van der Waals surface area contributed by atoms with Crippen LogP contribution in [0.25, 0.3) is 22.2 Å². The number of aromatic amines is 1. The van der Waals surface area contributed by atoms with E-state index in [2.05, 4.69) is 38.9 Å². The number of H-pyrrole nitrogens is 1. The fourth-order valence-electron chi connectivity index (χ4n) is 4.37. The fourth-order valence-corrected chi connectivity index (χ4v) is 4.37. The minimum absolute atomic E-state index is 0.212. The molecular weight excluding hydrogens is 471 g/mol.